The Bertz CT molecular complexity index is 1500. The Morgan fingerprint density at radius 1 is 1.05 bits per heavy atom. The molecule has 0 spiro atoms. The first-order valence-electron chi connectivity index (χ1n) is 12.0. The Labute approximate surface area is 237 Å². The van der Waals surface area contributed by atoms with Crippen molar-refractivity contribution in [3.8, 4) is 17.6 Å². The van der Waals surface area contributed by atoms with Gasteiger partial charge in [0.05, 0.1) is 16.6 Å². The number of nitrogens with zero attached hydrogens (tertiary/aromatic N) is 1. The van der Waals surface area contributed by atoms with Crippen LogP contribution in [0.1, 0.15) is 29.2 Å². The van der Waals surface area contributed by atoms with Gasteiger partial charge in [-0.15, -0.1) is 0 Å². The van der Waals surface area contributed by atoms with Crippen LogP contribution in [0.25, 0.3) is 6.08 Å². The molecular formula is C29H25BrF3N3O4. The zero-order valence-electron chi connectivity index (χ0n) is 21.8. The minimum Gasteiger partial charge on any atom is -0.490 e. The lowest BCUT2D eigenvalue weighted by Gasteiger charge is -2.15. The van der Waals surface area contributed by atoms with E-state index >= 15 is 0 Å². The molecule has 0 atom stereocenters. The van der Waals surface area contributed by atoms with Crippen LogP contribution in [0.2, 0.25) is 0 Å². The number of benzene rings is 3. The van der Waals surface area contributed by atoms with Gasteiger partial charge in [-0.1, -0.05) is 23.8 Å². The summed E-state index contributed by atoms with van der Waals surface area (Å²) in [4.78, 5) is 25.2. The smallest absolute Gasteiger partial charge is 0.416 e. The van der Waals surface area contributed by atoms with E-state index in [9.17, 15) is 28.0 Å². The molecule has 2 N–H and O–H groups in total. The van der Waals surface area contributed by atoms with Gasteiger partial charge >= 0.3 is 6.18 Å². The van der Waals surface area contributed by atoms with Gasteiger partial charge in [-0.05, 0) is 90.3 Å². The summed E-state index contributed by atoms with van der Waals surface area (Å²) in [5.41, 5.74) is 1.61. The van der Waals surface area contributed by atoms with Crippen molar-refractivity contribution in [1.29, 1.82) is 5.26 Å². The molecule has 0 aliphatic heterocycles. The van der Waals surface area contributed by atoms with Gasteiger partial charge in [0.25, 0.3) is 11.8 Å². The summed E-state index contributed by atoms with van der Waals surface area (Å²) < 4.78 is 50.7. The third-order valence-corrected chi connectivity index (χ3v) is 6.05. The molecule has 3 aromatic rings. The molecule has 0 aliphatic carbocycles. The Balaban J connectivity index is 1.78. The quantitative estimate of drug-likeness (QED) is 0.198. The lowest BCUT2D eigenvalue weighted by Crippen LogP contribution is -2.21. The first kappa shape index (κ1) is 30.2. The van der Waals surface area contributed by atoms with Crippen molar-refractivity contribution in [2.75, 3.05) is 23.8 Å². The highest BCUT2D eigenvalue weighted by molar-refractivity contribution is 9.10. The average Bonchev–Trinajstić information content (AvgIpc) is 2.88. The molecule has 0 saturated carbocycles. The molecule has 0 bridgehead atoms. The molecule has 0 aromatic heterocycles. The lowest BCUT2D eigenvalue weighted by molar-refractivity contribution is -0.137. The fourth-order valence-corrected chi connectivity index (χ4v) is 4.21. The van der Waals surface area contributed by atoms with Crippen LogP contribution in [0.15, 0.2) is 64.6 Å². The molecule has 40 heavy (non-hydrogen) atoms. The molecule has 11 heteroatoms. The summed E-state index contributed by atoms with van der Waals surface area (Å²) in [6, 6.07) is 14.6. The van der Waals surface area contributed by atoms with Gasteiger partial charge < -0.3 is 20.1 Å². The van der Waals surface area contributed by atoms with Gasteiger partial charge in [0, 0.05) is 11.4 Å². The Hall–Kier alpha value is -4.30. The zero-order valence-corrected chi connectivity index (χ0v) is 23.4. The van der Waals surface area contributed by atoms with E-state index in [1.165, 1.54) is 18.2 Å². The summed E-state index contributed by atoms with van der Waals surface area (Å²) in [7, 11) is 0. The Morgan fingerprint density at radius 3 is 2.45 bits per heavy atom. The fourth-order valence-electron chi connectivity index (χ4n) is 3.64. The molecule has 0 fully saturated rings. The second kappa shape index (κ2) is 13.2. The topological polar surface area (TPSA) is 100 Å². The Kier molecular flexibility index (Phi) is 9.96. The number of alkyl halides is 3. The number of rotatable bonds is 9. The largest absolute Gasteiger partial charge is 0.490 e. The van der Waals surface area contributed by atoms with E-state index in [0.717, 1.165) is 29.3 Å². The molecule has 208 valence electrons. The SMILES string of the molecule is CCOc1cc(/C=C(\C#N)C(=O)Nc2cccc(C(F)(F)F)c2)cc(Br)c1OCC(=O)Nc1ccc(C)cc1C. The monoisotopic (exact) mass is 615 g/mol. The molecule has 2 amide bonds. The van der Waals surface area contributed by atoms with Crippen molar-refractivity contribution >= 4 is 45.2 Å². The molecular weight excluding hydrogens is 591 g/mol. The van der Waals surface area contributed by atoms with Crippen LogP contribution < -0.4 is 20.1 Å². The maximum absolute atomic E-state index is 13.0. The highest BCUT2D eigenvalue weighted by Gasteiger charge is 2.30. The van der Waals surface area contributed by atoms with Crippen molar-refractivity contribution in [3.05, 3.63) is 86.9 Å². The van der Waals surface area contributed by atoms with Crippen LogP contribution in [-0.2, 0) is 15.8 Å². The molecule has 0 heterocycles. The zero-order chi connectivity index (χ0) is 29.4. The first-order chi connectivity index (χ1) is 18.9. The number of carbonyl (C=O) groups excluding carboxylic acids is 2. The Morgan fingerprint density at radius 2 is 1.80 bits per heavy atom. The van der Waals surface area contributed by atoms with Crippen molar-refractivity contribution in [3.63, 3.8) is 0 Å². The summed E-state index contributed by atoms with van der Waals surface area (Å²) in [5.74, 6) is -0.790. The van der Waals surface area contributed by atoms with Crippen molar-refractivity contribution in [1.82, 2.24) is 0 Å². The van der Waals surface area contributed by atoms with Crippen molar-refractivity contribution in [2.24, 2.45) is 0 Å². The maximum Gasteiger partial charge on any atom is 0.416 e. The number of ether oxygens (including phenoxy) is 2. The fraction of sp³-hybridized carbons (Fsp3) is 0.207. The number of amides is 2. The van der Waals surface area contributed by atoms with E-state index in [4.69, 9.17) is 9.47 Å². The summed E-state index contributed by atoms with van der Waals surface area (Å²) in [5, 5.41) is 14.7. The number of carbonyl (C=O) groups is 2. The number of anilines is 2. The van der Waals surface area contributed by atoms with E-state index in [1.54, 1.807) is 25.1 Å². The number of hydrogen-bond acceptors (Lipinski definition) is 5. The van der Waals surface area contributed by atoms with E-state index in [1.807, 2.05) is 26.0 Å². The lowest BCUT2D eigenvalue weighted by atomic mass is 10.1. The van der Waals surface area contributed by atoms with Crippen LogP contribution in [0, 0.1) is 25.2 Å². The molecule has 0 aliphatic rings. The molecule has 0 radical (unpaired) electrons. The van der Waals surface area contributed by atoms with Crippen LogP contribution in [0.5, 0.6) is 11.5 Å². The summed E-state index contributed by atoms with van der Waals surface area (Å²) >= 11 is 3.38. The van der Waals surface area contributed by atoms with Gasteiger partial charge in [0.15, 0.2) is 18.1 Å². The highest BCUT2D eigenvalue weighted by Crippen LogP contribution is 2.38. The predicted octanol–water partition coefficient (Wildman–Crippen LogP) is 7.05. The van der Waals surface area contributed by atoms with Crippen LogP contribution in [0.4, 0.5) is 24.5 Å². The van der Waals surface area contributed by atoms with Gasteiger partial charge in [0.1, 0.15) is 11.6 Å². The second-order valence-electron chi connectivity index (χ2n) is 8.62. The van der Waals surface area contributed by atoms with Crippen LogP contribution in [-0.4, -0.2) is 25.0 Å². The molecule has 0 unspecified atom stereocenters. The van der Waals surface area contributed by atoms with E-state index in [2.05, 4.69) is 26.6 Å². The third kappa shape index (κ3) is 8.10. The minimum atomic E-state index is -4.58. The van der Waals surface area contributed by atoms with Gasteiger partial charge in [-0.25, -0.2) is 0 Å². The standard InChI is InChI=1S/C29H25BrF3N3O4/c1-4-39-25-13-19(11-20(15-34)28(38)35-22-7-5-6-21(14-22)29(31,32)33)12-23(30)27(25)40-16-26(37)36-24-9-8-17(2)10-18(24)3/h5-14H,4,16H2,1-3H3,(H,35,38)(H,36,37)/b20-11+. The van der Waals surface area contributed by atoms with E-state index in [-0.39, 0.29) is 41.9 Å². The van der Waals surface area contributed by atoms with Crippen molar-refractivity contribution in [2.45, 2.75) is 26.9 Å². The number of nitriles is 1. The third-order valence-electron chi connectivity index (χ3n) is 5.46. The van der Waals surface area contributed by atoms with Crippen molar-refractivity contribution < 1.29 is 32.2 Å². The number of halogens is 4. The molecule has 3 rings (SSSR count). The van der Waals surface area contributed by atoms with Gasteiger partial charge in [-0.2, -0.15) is 18.4 Å². The van der Waals surface area contributed by atoms with Crippen LogP contribution >= 0.6 is 15.9 Å². The van der Waals surface area contributed by atoms with E-state index in [0.29, 0.717) is 15.7 Å². The normalized spacial score (nSPS) is 11.4. The van der Waals surface area contributed by atoms with E-state index < -0.39 is 17.6 Å². The second-order valence-corrected chi connectivity index (χ2v) is 9.48. The maximum atomic E-state index is 13.0. The first-order valence-corrected chi connectivity index (χ1v) is 12.8. The molecule has 7 nitrogen and oxygen atoms in total. The summed E-state index contributed by atoms with van der Waals surface area (Å²) in [6.45, 7) is 5.52. The average molecular weight is 616 g/mol. The van der Waals surface area contributed by atoms with Crippen LogP contribution in [0.3, 0.4) is 0 Å². The van der Waals surface area contributed by atoms with Gasteiger partial charge in [-0.3, -0.25) is 9.59 Å². The highest BCUT2D eigenvalue weighted by atomic mass is 79.9. The molecule has 0 saturated heterocycles. The number of aryl methyl sites for hydroxylation is 2. The number of nitrogens with one attached hydrogen (secondary N) is 2. The predicted molar refractivity (Wildman–Crippen MR) is 149 cm³/mol. The summed E-state index contributed by atoms with van der Waals surface area (Å²) in [6.07, 6.45) is -3.33. The minimum absolute atomic E-state index is 0.111. The van der Waals surface area contributed by atoms with Gasteiger partial charge in [0.2, 0.25) is 0 Å². The molecule has 3 aromatic carbocycles. The number of hydrogen-bond donors (Lipinski definition) is 2.